The summed E-state index contributed by atoms with van der Waals surface area (Å²) < 4.78 is 11.3. The minimum Gasteiger partial charge on any atom is -0.462 e. The fourth-order valence-corrected chi connectivity index (χ4v) is 4.72. The van der Waals surface area contributed by atoms with Gasteiger partial charge in [0, 0.05) is 34.9 Å². The molecule has 1 aromatic heterocycles. The number of nitrogens with two attached hydrogens (primary N) is 1. The van der Waals surface area contributed by atoms with E-state index in [-0.39, 0.29) is 24.0 Å². The van der Waals surface area contributed by atoms with Gasteiger partial charge in [0.1, 0.15) is 16.5 Å². The Balaban J connectivity index is 1.93. The molecule has 3 aromatic rings. The van der Waals surface area contributed by atoms with E-state index in [1.54, 1.807) is 18.0 Å². The maximum absolute atomic E-state index is 14.1. The second kappa shape index (κ2) is 6.84. The lowest BCUT2D eigenvalue weighted by Crippen LogP contribution is -2.48. The number of esters is 1. The molecule has 2 aliphatic rings. The molecule has 0 bridgehead atoms. The summed E-state index contributed by atoms with van der Waals surface area (Å²) in [6.45, 7) is 4.19. The van der Waals surface area contributed by atoms with Crippen LogP contribution in [0.15, 0.2) is 66.2 Å². The van der Waals surface area contributed by atoms with Crippen LogP contribution in [0.2, 0.25) is 0 Å². The molecular weight excluding hydrogens is 394 g/mol. The van der Waals surface area contributed by atoms with Crippen LogP contribution in [0, 0.1) is 0 Å². The average Bonchev–Trinajstić information content (AvgIpc) is 3.02. The maximum Gasteiger partial charge on any atom is 0.341 e. The number of carbonyl (C=O) groups is 2. The summed E-state index contributed by atoms with van der Waals surface area (Å²) in [4.78, 5) is 33.4. The van der Waals surface area contributed by atoms with Gasteiger partial charge in [-0.3, -0.25) is 9.78 Å². The van der Waals surface area contributed by atoms with Crippen LogP contribution in [0.4, 0.5) is 5.69 Å². The predicted octanol–water partition coefficient (Wildman–Crippen LogP) is 3.01. The topological polar surface area (TPSA) is 94.7 Å². The van der Waals surface area contributed by atoms with Crippen LogP contribution >= 0.6 is 0 Å². The number of rotatable bonds is 3. The molecule has 1 spiro atoms. The van der Waals surface area contributed by atoms with Crippen molar-refractivity contribution in [3.8, 4) is 5.75 Å². The lowest BCUT2D eigenvalue weighted by atomic mass is 9.68. The highest BCUT2D eigenvalue weighted by Gasteiger charge is 2.61. The average molecular weight is 415 g/mol. The van der Waals surface area contributed by atoms with E-state index < -0.39 is 11.4 Å². The van der Waals surface area contributed by atoms with Crippen LogP contribution in [-0.2, 0) is 19.7 Å². The molecule has 1 atom stereocenters. The van der Waals surface area contributed by atoms with Gasteiger partial charge in [-0.1, -0.05) is 36.4 Å². The number of aromatic nitrogens is 1. The van der Waals surface area contributed by atoms with E-state index in [4.69, 9.17) is 15.2 Å². The van der Waals surface area contributed by atoms with E-state index in [0.29, 0.717) is 28.9 Å². The zero-order valence-corrected chi connectivity index (χ0v) is 17.2. The number of benzene rings is 2. The Bertz CT molecular complexity index is 1280. The van der Waals surface area contributed by atoms with E-state index in [1.807, 2.05) is 55.5 Å². The zero-order valence-electron chi connectivity index (χ0n) is 17.2. The van der Waals surface area contributed by atoms with Crippen LogP contribution in [0.25, 0.3) is 10.9 Å². The van der Waals surface area contributed by atoms with Gasteiger partial charge in [-0.25, -0.2) is 4.79 Å². The van der Waals surface area contributed by atoms with E-state index in [0.717, 1.165) is 11.1 Å². The van der Waals surface area contributed by atoms with Crippen molar-refractivity contribution in [1.82, 2.24) is 4.98 Å². The number of para-hydroxylation sites is 1. The van der Waals surface area contributed by atoms with E-state index in [2.05, 4.69) is 4.98 Å². The predicted molar refractivity (Wildman–Crippen MR) is 115 cm³/mol. The molecular formula is C24H21N3O4. The number of nitrogens with zero attached hydrogens (tertiary/aromatic N) is 2. The SMILES string of the molecule is CCOC(=O)C1=C(N)Oc2c(ccc3cccnc23)[C@@]12C(=O)N(CC)c1ccccc12. The van der Waals surface area contributed by atoms with Crippen LogP contribution < -0.4 is 15.4 Å². The van der Waals surface area contributed by atoms with Gasteiger partial charge in [0.05, 0.1) is 6.61 Å². The number of hydrogen-bond acceptors (Lipinski definition) is 6. The minimum atomic E-state index is -1.47. The largest absolute Gasteiger partial charge is 0.462 e. The first kappa shape index (κ1) is 19.1. The highest BCUT2D eigenvalue weighted by atomic mass is 16.5. The molecule has 156 valence electrons. The number of fused-ring (bicyclic) bond motifs is 6. The first-order chi connectivity index (χ1) is 15.1. The second-order valence-corrected chi connectivity index (χ2v) is 7.40. The molecule has 1 amide bonds. The Hall–Kier alpha value is -3.87. The lowest BCUT2D eigenvalue weighted by molar-refractivity contribution is -0.140. The van der Waals surface area contributed by atoms with Crippen molar-refractivity contribution in [1.29, 1.82) is 0 Å². The molecule has 2 aromatic carbocycles. The van der Waals surface area contributed by atoms with E-state index in [9.17, 15) is 9.59 Å². The second-order valence-electron chi connectivity index (χ2n) is 7.40. The van der Waals surface area contributed by atoms with Crippen LogP contribution in [0.3, 0.4) is 0 Å². The number of likely N-dealkylation sites (N-methyl/N-ethyl adjacent to an activating group) is 1. The molecule has 31 heavy (non-hydrogen) atoms. The minimum absolute atomic E-state index is 0.00512. The van der Waals surface area contributed by atoms with Crippen molar-refractivity contribution in [2.75, 3.05) is 18.1 Å². The number of amides is 1. The number of carbonyl (C=O) groups excluding carboxylic acids is 2. The van der Waals surface area contributed by atoms with Crippen molar-refractivity contribution in [2.45, 2.75) is 19.3 Å². The lowest BCUT2D eigenvalue weighted by Gasteiger charge is -2.36. The van der Waals surface area contributed by atoms with E-state index in [1.165, 1.54) is 0 Å². The quantitative estimate of drug-likeness (QED) is 0.661. The molecule has 0 fully saturated rings. The molecule has 0 saturated heterocycles. The third-order valence-corrected chi connectivity index (χ3v) is 5.93. The van der Waals surface area contributed by atoms with E-state index >= 15 is 0 Å². The third-order valence-electron chi connectivity index (χ3n) is 5.93. The Morgan fingerprint density at radius 1 is 1.13 bits per heavy atom. The van der Waals surface area contributed by atoms with Gasteiger partial charge in [0.2, 0.25) is 11.8 Å². The number of hydrogen-bond donors (Lipinski definition) is 1. The Labute approximate surface area is 179 Å². The monoisotopic (exact) mass is 415 g/mol. The summed E-state index contributed by atoms with van der Waals surface area (Å²) in [5.74, 6) is -0.704. The molecule has 2 N–H and O–H groups in total. The standard InChI is InChI=1S/C24H21N3O4/c1-3-27-17-10-6-5-9-15(17)24(23(27)29)16-12-11-14-8-7-13-26-19(14)20(16)31-21(25)18(24)22(28)30-4-2/h5-13H,3-4,25H2,1-2H3/t24-/m1/s1. The molecule has 0 saturated carbocycles. The van der Waals surface area contributed by atoms with Crippen molar-refractivity contribution in [3.05, 3.63) is 77.3 Å². The molecule has 0 unspecified atom stereocenters. The van der Waals surface area contributed by atoms with Gasteiger partial charge in [-0.15, -0.1) is 0 Å². The van der Waals surface area contributed by atoms with Crippen LogP contribution in [-0.4, -0.2) is 30.0 Å². The number of anilines is 1. The first-order valence-corrected chi connectivity index (χ1v) is 10.2. The van der Waals surface area contributed by atoms with Gasteiger partial charge in [-0.05, 0) is 26.0 Å². The van der Waals surface area contributed by atoms with Crippen molar-refractivity contribution < 1.29 is 19.1 Å². The molecule has 3 heterocycles. The molecule has 2 aliphatic heterocycles. The molecule has 7 nitrogen and oxygen atoms in total. The summed E-state index contributed by atoms with van der Waals surface area (Å²) in [6, 6.07) is 14.9. The van der Waals surface area contributed by atoms with Crippen LogP contribution in [0.5, 0.6) is 5.75 Å². The van der Waals surface area contributed by atoms with Gasteiger partial charge >= 0.3 is 5.97 Å². The number of ether oxygens (including phenoxy) is 2. The van der Waals surface area contributed by atoms with Crippen molar-refractivity contribution in [3.63, 3.8) is 0 Å². The van der Waals surface area contributed by atoms with Crippen LogP contribution in [0.1, 0.15) is 25.0 Å². The zero-order chi connectivity index (χ0) is 21.8. The Morgan fingerprint density at radius 2 is 1.94 bits per heavy atom. The highest BCUT2D eigenvalue weighted by molar-refractivity contribution is 6.19. The summed E-state index contributed by atoms with van der Waals surface area (Å²) >= 11 is 0. The first-order valence-electron chi connectivity index (χ1n) is 10.2. The fourth-order valence-electron chi connectivity index (χ4n) is 4.72. The molecule has 7 heteroatoms. The molecule has 0 radical (unpaired) electrons. The highest BCUT2D eigenvalue weighted by Crippen LogP contribution is 2.56. The molecule has 0 aliphatic carbocycles. The Morgan fingerprint density at radius 3 is 2.71 bits per heavy atom. The van der Waals surface area contributed by atoms with Gasteiger partial charge < -0.3 is 20.1 Å². The summed E-state index contributed by atoms with van der Waals surface area (Å²) in [7, 11) is 0. The Kier molecular flexibility index (Phi) is 4.22. The summed E-state index contributed by atoms with van der Waals surface area (Å²) in [5, 5.41) is 0.842. The summed E-state index contributed by atoms with van der Waals surface area (Å²) in [6.07, 6.45) is 1.65. The normalized spacial score (nSPS) is 19.4. The molecule has 5 rings (SSSR count). The van der Waals surface area contributed by atoms with Crippen molar-refractivity contribution in [2.24, 2.45) is 5.73 Å². The van der Waals surface area contributed by atoms with Gasteiger partial charge in [0.25, 0.3) is 0 Å². The number of pyridine rings is 1. The smallest absolute Gasteiger partial charge is 0.341 e. The summed E-state index contributed by atoms with van der Waals surface area (Å²) in [5.41, 5.74) is 7.38. The maximum atomic E-state index is 14.1. The van der Waals surface area contributed by atoms with Crippen molar-refractivity contribution >= 4 is 28.5 Å². The fraction of sp³-hybridized carbons (Fsp3) is 0.208. The third kappa shape index (κ3) is 2.37. The van der Waals surface area contributed by atoms with Gasteiger partial charge in [0.15, 0.2) is 5.75 Å². The van der Waals surface area contributed by atoms with Gasteiger partial charge in [-0.2, -0.15) is 0 Å².